The van der Waals surface area contributed by atoms with Crippen molar-refractivity contribution in [1.29, 1.82) is 0 Å². The smallest absolute Gasteiger partial charge is 0.254 e. The van der Waals surface area contributed by atoms with Crippen LogP contribution in [0.4, 0.5) is 0 Å². The maximum absolute atomic E-state index is 12.7. The van der Waals surface area contributed by atoms with E-state index in [0.717, 1.165) is 11.3 Å². The van der Waals surface area contributed by atoms with Gasteiger partial charge in [0.05, 0.1) is 13.2 Å². The highest BCUT2D eigenvalue weighted by atomic mass is 16.5. The molecular formula is C20H21NO3. The van der Waals surface area contributed by atoms with E-state index >= 15 is 0 Å². The van der Waals surface area contributed by atoms with Crippen LogP contribution in [0, 0.1) is 0 Å². The minimum absolute atomic E-state index is 0.0227. The van der Waals surface area contributed by atoms with Crippen LogP contribution in [0.3, 0.4) is 0 Å². The molecule has 4 nitrogen and oxygen atoms in total. The van der Waals surface area contributed by atoms with Gasteiger partial charge in [-0.25, -0.2) is 0 Å². The minimum Gasteiger partial charge on any atom is -0.490 e. The van der Waals surface area contributed by atoms with Crippen LogP contribution in [-0.4, -0.2) is 37.1 Å². The van der Waals surface area contributed by atoms with E-state index in [0.29, 0.717) is 31.9 Å². The maximum Gasteiger partial charge on any atom is 0.254 e. The second-order valence-corrected chi connectivity index (χ2v) is 5.65. The fourth-order valence-electron chi connectivity index (χ4n) is 2.73. The highest BCUT2D eigenvalue weighted by Crippen LogP contribution is 2.23. The molecule has 3 rings (SSSR count). The second kappa shape index (κ2) is 7.79. The van der Waals surface area contributed by atoms with E-state index < -0.39 is 0 Å². The Balaban J connectivity index is 1.67. The van der Waals surface area contributed by atoms with Gasteiger partial charge >= 0.3 is 0 Å². The molecule has 1 amide bonds. The summed E-state index contributed by atoms with van der Waals surface area (Å²) in [5.74, 6) is 0.755. The number of nitrogens with zero attached hydrogens (tertiary/aromatic N) is 1. The monoisotopic (exact) mass is 323 g/mol. The molecule has 0 spiro atoms. The van der Waals surface area contributed by atoms with Crippen LogP contribution < -0.4 is 4.74 Å². The topological polar surface area (TPSA) is 38.8 Å². The van der Waals surface area contributed by atoms with Crippen LogP contribution in [0.1, 0.15) is 22.0 Å². The highest BCUT2D eigenvalue weighted by Gasteiger charge is 2.25. The van der Waals surface area contributed by atoms with Gasteiger partial charge in [-0.15, -0.1) is 0 Å². The molecular weight excluding hydrogens is 302 g/mol. The molecule has 0 radical (unpaired) electrons. The Morgan fingerprint density at radius 3 is 2.67 bits per heavy atom. The van der Waals surface area contributed by atoms with E-state index in [-0.39, 0.29) is 12.0 Å². The fraction of sp³-hybridized carbons (Fsp3) is 0.250. The largest absolute Gasteiger partial charge is 0.490 e. The first kappa shape index (κ1) is 16.3. The molecule has 1 saturated heterocycles. The average Bonchev–Trinajstić information content (AvgIpc) is 2.67. The van der Waals surface area contributed by atoms with Gasteiger partial charge in [-0.1, -0.05) is 43.0 Å². The van der Waals surface area contributed by atoms with Crippen molar-refractivity contribution in [3.05, 3.63) is 78.4 Å². The molecule has 1 fully saturated rings. The maximum atomic E-state index is 12.7. The zero-order valence-electron chi connectivity index (χ0n) is 13.6. The summed E-state index contributed by atoms with van der Waals surface area (Å²) in [5.41, 5.74) is 1.76. The van der Waals surface area contributed by atoms with Crippen molar-refractivity contribution in [2.24, 2.45) is 0 Å². The third-order valence-electron chi connectivity index (χ3n) is 3.99. The Morgan fingerprint density at radius 1 is 1.21 bits per heavy atom. The number of benzene rings is 2. The predicted molar refractivity (Wildman–Crippen MR) is 93.2 cm³/mol. The predicted octanol–water partition coefficient (Wildman–Crippen LogP) is 3.47. The number of morpholine rings is 1. The molecule has 4 heteroatoms. The van der Waals surface area contributed by atoms with E-state index in [2.05, 4.69) is 6.58 Å². The van der Waals surface area contributed by atoms with Crippen molar-refractivity contribution < 1.29 is 14.3 Å². The van der Waals surface area contributed by atoms with Gasteiger partial charge in [0.1, 0.15) is 18.5 Å². The van der Waals surface area contributed by atoms with Gasteiger partial charge < -0.3 is 14.4 Å². The quantitative estimate of drug-likeness (QED) is 0.791. The molecule has 1 heterocycles. The van der Waals surface area contributed by atoms with Gasteiger partial charge in [0.25, 0.3) is 5.91 Å². The van der Waals surface area contributed by atoms with Gasteiger partial charge in [0.2, 0.25) is 0 Å². The number of hydrogen-bond donors (Lipinski definition) is 0. The van der Waals surface area contributed by atoms with E-state index in [4.69, 9.17) is 9.47 Å². The number of hydrogen-bond acceptors (Lipinski definition) is 3. The molecule has 1 aliphatic rings. The molecule has 2 aromatic rings. The summed E-state index contributed by atoms with van der Waals surface area (Å²) >= 11 is 0. The van der Waals surface area contributed by atoms with Crippen molar-refractivity contribution in [2.75, 3.05) is 26.3 Å². The molecule has 1 aliphatic heterocycles. The van der Waals surface area contributed by atoms with Gasteiger partial charge in [-0.3, -0.25) is 4.79 Å². The van der Waals surface area contributed by atoms with Gasteiger partial charge in [-0.2, -0.15) is 0 Å². The van der Waals surface area contributed by atoms with Crippen LogP contribution in [0.15, 0.2) is 67.3 Å². The Morgan fingerprint density at radius 2 is 1.96 bits per heavy atom. The third kappa shape index (κ3) is 3.84. The lowest BCUT2D eigenvalue weighted by atomic mass is 10.1. The molecule has 0 bridgehead atoms. The van der Waals surface area contributed by atoms with Crippen LogP contribution in [0.2, 0.25) is 0 Å². The lowest BCUT2D eigenvalue weighted by Crippen LogP contribution is -2.42. The Hall–Kier alpha value is -2.59. The van der Waals surface area contributed by atoms with Gasteiger partial charge in [-0.05, 0) is 29.8 Å². The molecule has 24 heavy (non-hydrogen) atoms. The standard InChI is InChI=1S/C20H21NO3/c1-2-13-23-18-10-8-17(9-11-18)20(22)21-12-14-24-19(15-21)16-6-4-3-5-7-16/h2-11,19H,1,12-15H2. The first-order valence-electron chi connectivity index (χ1n) is 8.07. The Kier molecular flexibility index (Phi) is 5.29. The van der Waals surface area contributed by atoms with Crippen molar-refractivity contribution >= 4 is 5.91 Å². The van der Waals surface area contributed by atoms with Gasteiger partial charge in [0.15, 0.2) is 0 Å². The van der Waals surface area contributed by atoms with Crippen LogP contribution in [-0.2, 0) is 4.74 Å². The lowest BCUT2D eigenvalue weighted by Gasteiger charge is -2.33. The SMILES string of the molecule is C=CCOc1ccc(C(=O)N2CCOC(c3ccccc3)C2)cc1. The molecule has 1 unspecified atom stereocenters. The zero-order valence-corrected chi connectivity index (χ0v) is 13.6. The molecule has 0 aliphatic carbocycles. The number of carbonyl (C=O) groups excluding carboxylic acids is 1. The van der Waals surface area contributed by atoms with Crippen molar-refractivity contribution in [2.45, 2.75) is 6.10 Å². The van der Waals surface area contributed by atoms with Crippen LogP contribution in [0.25, 0.3) is 0 Å². The summed E-state index contributed by atoms with van der Waals surface area (Å²) < 4.78 is 11.3. The van der Waals surface area contributed by atoms with E-state index in [1.54, 1.807) is 18.2 Å². The average molecular weight is 323 g/mol. The van der Waals surface area contributed by atoms with Crippen molar-refractivity contribution in [1.82, 2.24) is 4.90 Å². The molecule has 2 aromatic carbocycles. The zero-order chi connectivity index (χ0) is 16.8. The van der Waals surface area contributed by atoms with Crippen molar-refractivity contribution in [3.8, 4) is 5.75 Å². The number of amides is 1. The number of rotatable bonds is 5. The Labute approximate surface area is 142 Å². The first-order valence-corrected chi connectivity index (χ1v) is 8.07. The minimum atomic E-state index is -0.0703. The highest BCUT2D eigenvalue weighted by molar-refractivity contribution is 5.94. The summed E-state index contributed by atoms with van der Waals surface area (Å²) in [6, 6.07) is 17.2. The number of ether oxygens (including phenoxy) is 2. The molecule has 0 aromatic heterocycles. The normalized spacial score (nSPS) is 17.3. The van der Waals surface area contributed by atoms with Crippen LogP contribution in [0.5, 0.6) is 5.75 Å². The van der Waals surface area contributed by atoms with E-state index in [1.807, 2.05) is 47.4 Å². The fourth-order valence-corrected chi connectivity index (χ4v) is 2.73. The lowest BCUT2D eigenvalue weighted by molar-refractivity contribution is -0.0228. The summed E-state index contributed by atoms with van der Waals surface area (Å²) in [7, 11) is 0. The summed E-state index contributed by atoms with van der Waals surface area (Å²) in [6.45, 7) is 5.79. The summed E-state index contributed by atoms with van der Waals surface area (Å²) in [6.07, 6.45) is 1.62. The van der Waals surface area contributed by atoms with E-state index in [1.165, 1.54) is 0 Å². The van der Waals surface area contributed by atoms with Crippen molar-refractivity contribution in [3.63, 3.8) is 0 Å². The summed E-state index contributed by atoms with van der Waals surface area (Å²) in [4.78, 5) is 14.6. The molecule has 0 N–H and O–H groups in total. The summed E-state index contributed by atoms with van der Waals surface area (Å²) in [5, 5.41) is 0. The van der Waals surface area contributed by atoms with E-state index in [9.17, 15) is 4.79 Å². The van der Waals surface area contributed by atoms with Crippen LogP contribution >= 0.6 is 0 Å². The molecule has 1 atom stereocenters. The van der Waals surface area contributed by atoms with Gasteiger partial charge in [0, 0.05) is 12.1 Å². The Bertz CT molecular complexity index is 682. The second-order valence-electron chi connectivity index (χ2n) is 5.65. The molecule has 124 valence electrons. The molecule has 0 saturated carbocycles. The third-order valence-corrected chi connectivity index (χ3v) is 3.99. The first-order chi connectivity index (χ1) is 11.8. The number of carbonyl (C=O) groups is 1.